The van der Waals surface area contributed by atoms with E-state index in [0.29, 0.717) is 5.56 Å². The molecule has 0 aliphatic carbocycles. The summed E-state index contributed by atoms with van der Waals surface area (Å²) in [5, 5.41) is 16.5. The summed E-state index contributed by atoms with van der Waals surface area (Å²) in [6.45, 7) is 5.50. The number of amides is 1. The smallest absolute Gasteiger partial charge is 0.293 e. The summed E-state index contributed by atoms with van der Waals surface area (Å²) >= 11 is 5.10. The monoisotopic (exact) mass is 369 g/mol. The zero-order valence-corrected chi connectivity index (χ0v) is 15.5. The fourth-order valence-electron chi connectivity index (χ4n) is 2.40. The first-order valence-corrected chi connectivity index (χ1v) is 8.29. The number of rotatable bonds is 4. The van der Waals surface area contributed by atoms with E-state index in [1.807, 2.05) is 31.2 Å². The molecule has 6 nitrogen and oxygen atoms in total. The normalized spacial score (nSPS) is 10.6. The number of nitrogens with one attached hydrogen (secondary N) is 2. The summed E-state index contributed by atoms with van der Waals surface area (Å²) in [7, 11) is 0. The van der Waals surface area contributed by atoms with Crippen LogP contribution in [0.1, 0.15) is 22.3 Å². The van der Waals surface area contributed by atoms with Crippen LogP contribution < -0.4 is 10.6 Å². The van der Waals surface area contributed by atoms with Crippen molar-refractivity contribution in [1.82, 2.24) is 5.32 Å². The average molecular weight is 369 g/mol. The summed E-state index contributed by atoms with van der Waals surface area (Å²) in [5.41, 5.74) is 3.64. The fraction of sp³-hybridized carbons (Fsp3) is 0.158. The van der Waals surface area contributed by atoms with Crippen molar-refractivity contribution in [2.24, 2.45) is 0 Å². The lowest BCUT2D eigenvalue weighted by Gasteiger charge is -2.12. The third kappa shape index (κ3) is 5.22. The largest absolute Gasteiger partial charge is 0.327 e. The maximum Gasteiger partial charge on any atom is 0.293 e. The Morgan fingerprint density at radius 1 is 1.12 bits per heavy atom. The van der Waals surface area contributed by atoms with Crippen molar-refractivity contribution < 1.29 is 9.72 Å². The van der Waals surface area contributed by atoms with Crippen molar-refractivity contribution in [2.75, 3.05) is 5.32 Å². The molecule has 7 heteroatoms. The Balaban J connectivity index is 2.06. The van der Waals surface area contributed by atoms with Gasteiger partial charge in [-0.05, 0) is 55.8 Å². The summed E-state index contributed by atoms with van der Waals surface area (Å²) < 4.78 is 0. The van der Waals surface area contributed by atoms with Crippen molar-refractivity contribution in [3.05, 3.63) is 74.8 Å². The van der Waals surface area contributed by atoms with Crippen LogP contribution in [0.15, 0.2) is 42.5 Å². The van der Waals surface area contributed by atoms with Gasteiger partial charge in [-0.3, -0.25) is 20.2 Å². The lowest BCUT2D eigenvalue weighted by Crippen LogP contribution is -2.33. The van der Waals surface area contributed by atoms with Crippen LogP contribution in [-0.2, 0) is 4.79 Å². The minimum atomic E-state index is -0.482. The summed E-state index contributed by atoms with van der Waals surface area (Å²) in [6.07, 6.45) is 3.02. The van der Waals surface area contributed by atoms with Gasteiger partial charge in [0.1, 0.15) is 5.69 Å². The molecular weight excluding hydrogens is 350 g/mol. The fourth-order valence-corrected chi connectivity index (χ4v) is 2.60. The molecule has 0 aliphatic heterocycles. The van der Waals surface area contributed by atoms with E-state index in [1.165, 1.54) is 12.1 Å². The zero-order chi connectivity index (χ0) is 19.3. The molecule has 26 heavy (non-hydrogen) atoms. The second-order valence-corrected chi connectivity index (χ2v) is 6.33. The Hall–Kier alpha value is -3.06. The molecule has 0 saturated carbocycles. The van der Waals surface area contributed by atoms with Crippen LogP contribution in [0.25, 0.3) is 6.08 Å². The minimum absolute atomic E-state index is 0.00129. The number of anilines is 1. The highest BCUT2D eigenvalue weighted by Gasteiger charge is 2.18. The van der Waals surface area contributed by atoms with E-state index in [2.05, 4.69) is 10.6 Å². The molecule has 0 radical (unpaired) electrons. The molecule has 0 saturated heterocycles. The van der Waals surface area contributed by atoms with Gasteiger partial charge in [-0.15, -0.1) is 0 Å². The molecule has 0 bridgehead atoms. The SMILES string of the molecule is Cc1ccc(/C=C/C(=O)NC(=S)Nc2c(C)cc(C)cc2[N+](=O)[O-])cc1. The molecule has 0 fully saturated rings. The van der Waals surface area contributed by atoms with Crippen molar-refractivity contribution >= 4 is 40.7 Å². The number of hydrogen-bond donors (Lipinski definition) is 2. The van der Waals surface area contributed by atoms with Gasteiger partial charge in [0.05, 0.1) is 4.92 Å². The third-order valence-corrected chi connectivity index (χ3v) is 3.84. The van der Waals surface area contributed by atoms with E-state index in [1.54, 1.807) is 26.0 Å². The molecule has 0 atom stereocenters. The highest BCUT2D eigenvalue weighted by atomic mass is 32.1. The number of hydrogen-bond acceptors (Lipinski definition) is 4. The van der Waals surface area contributed by atoms with E-state index in [9.17, 15) is 14.9 Å². The van der Waals surface area contributed by atoms with Gasteiger partial charge in [-0.25, -0.2) is 0 Å². The summed E-state index contributed by atoms with van der Waals surface area (Å²) in [6, 6.07) is 10.9. The molecule has 0 heterocycles. The number of nitrogens with zero attached hydrogens (tertiary/aromatic N) is 1. The van der Waals surface area contributed by atoms with Crippen LogP contribution in [0.4, 0.5) is 11.4 Å². The first-order valence-electron chi connectivity index (χ1n) is 7.88. The van der Waals surface area contributed by atoms with Gasteiger partial charge in [0.25, 0.3) is 5.69 Å². The number of carbonyl (C=O) groups is 1. The Morgan fingerprint density at radius 2 is 1.77 bits per heavy atom. The maximum atomic E-state index is 12.0. The molecule has 2 rings (SSSR count). The highest BCUT2D eigenvalue weighted by Crippen LogP contribution is 2.29. The quantitative estimate of drug-likeness (QED) is 0.368. The highest BCUT2D eigenvalue weighted by molar-refractivity contribution is 7.80. The Bertz CT molecular complexity index is 890. The van der Waals surface area contributed by atoms with Crippen LogP contribution >= 0.6 is 12.2 Å². The van der Waals surface area contributed by atoms with Crippen LogP contribution in [0.3, 0.4) is 0 Å². The van der Waals surface area contributed by atoms with Crippen molar-refractivity contribution in [1.29, 1.82) is 0 Å². The van der Waals surface area contributed by atoms with Crippen molar-refractivity contribution in [2.45, 2.75) is 20.8 Å². The Kier molecular flexibility index (Phi) is 6.19. The van der Waals surface area contributed by atoms with Crippen LogP contribution in [0.5, 0.6) is 0 Å². The number of nitro benzene ring substituents is 1. The van der Waals surface area contributed by atoms with E-state index < -0.39 is 10.8 Å². The van der Waals surface area contributed by atoms with Gasteiger partial charge >= 0.3 is 0 Å². The first kappa shape index (κ1) is 19.3. The lowest BCUT2D eigenvalue weighted by molar-refractivity contribution is -0.384. The minimum Gasteiger partial charge on any atom is -0.327 e. The molecule has 0 aromatic heterocycles. The zero-order valence-electron chi connectivity index (χ0n) is 14.7. The standard InChI is InChI=1S/C19H19N3O3S/c1-12-4-6-15(7-5-12)8-9-17(23)20-19(26)21-18-14(3)10-13(2)11-16(18)22(24)25/h4-11H,1-3H3,(H2,20,21,23,26)/b9-8+. The van der Waals surface area contributed by atoms with Crippen LogP contribution in [0.2, 0.25) is 0 Å². The van der Waals surface area contributed by atoms with Crippen molar-refractivity contribution in [3.8, 4) is 0 Å². The molecule has 0 unspecified atom stereocenters. The van der Waals surface area contributed by atoms with Gasteiger partial charge in [0, 0.05) is 12.1 Å². The average Bonchev–Trinajstić information content (AvgIpc) is 2.56. The van der Waals surface area contributed by atoms with Gasteiger partial charge < -0.3 is 5.32 Å². The van der Waals surface area contributed by atoms with E-state index >= 15 is 0 Å². The summed E-state index contributed by atoms with van der Waals surface area (Å²) in [5.74, 6) is -0.421. The van der Waals surface area contributed by atoms with Crippen molar-refractivity contribution in [3.63, 3.8) is 0 Å². The van der Waals surface area contributed by atoms with Gasteiger partial charge in [0.15, 0.2) is 5.11 Å². The molecule has 134 valence electrons. The molecule has 2 N–H and O–H groups in total. The Labute approximate surface area is 157 Å². The topological polar surface area (TPSA) is 84.3 Å². The molecule has 2 aromatic rings. The van der Waals surface area contributed by atoms with Gasteiger partial charge in [-0.1, -0.05) is 35.9 Å². The second kappa shape index (κ2) is 8.35. The molecular formula is C19H19N3O3S. The predicted molar refractivity (Wildman–Crippen MR) is 107 cm³/mol. The first-order chi connectivity index (χ1) is 12.3. The summed E-state index contributed by atoms with van der Waals surface area (Å²) in [4.78, 5) is 22.7. The van der Waals surface area contributed by atoms with E-state index in [-0.39, 0.29) is 16.5 Å². The van der Waals surface area contributed by atoms with Gasteiger partial charge in [0.2, 0.25) is 5.91 Å². The number of benzene rings is 2. The number of nitro groups is 1. The molecule has 2 aromatic carbocycles. The Morgan fingerprint density at radius 3 is 2.38 bits per heavy atom. The number of aryl methyl sites for hydroxylation is 3. The predicted octanol–water partition coefficient (Wildman–Crippen LogP) is 4.05. The molecule has 0 spiro atoms. The number of thiocarbonyl (C=S) groups is 1. The number of carbonyl (C=O) groups excluding carboxylic acids is 1. The van der Waals surface area contributed by atoms with E-state index in [0.717, 1.165) is 16.7 Å². The maximum absolute atomic E-state index is 12.0. The molecule has 1 amide bonds. The van der Waals surface area contributed by atoms with E-state index in [4.69, 9.17) is 12.2 Å². The van der Waals surface area contributed by atoms with Gasteiger partial charge in [-0.2, -0.15) is 0 Å². The third-order valence-electron chi connectivity index (χ3n) is 3.64. The second-order valence-electron chi connectivity index (χ2n) is 5.92. The lowest BCUT2D eigenvalue weighted by atomic mass is 10.1. The van der Waals surface area contributed by atoms with Crippen LogP contribution in [-0.4, -0.2) is 15.9 Å². The molecule has 0 aliphatic rings. The van der Waals surface area contributed by atoms with Crippen LogP contribution in [0, 0.1) is 30.9 Å².